The highest BCUT2D eigenvalue weighted by molar-refractivity contribution is 7.18. The van der Waals surface area contributed by atoms with Crippen LogP contribution in [-0.2, 0) is 6.61 Å². The van der Waals surface area contributed by atoms with Crippen molar-refractivity contribution in [3.05, 3.63) is 68.1 Å². The maximum absolute atomic E-state index is 14.2. The van der Waals surface area contributed by atoms with E-state index in [0.29, 0.717) is 66.5 Å². The molecule has 2 aliphatic rings. The molecule has 2 N–H and O–H groups in total. The zero-order valence-corrected chi connectivity index (χ0v) is 24.8. The van der Waals surface area contributed by atoms with Gasteiger partial charge in [-0.3, -0.25) is 0 Å². The Balaban J connectivity index is 0.000000165. The number of halogens is 3. The highest BCUT2D eigenvalue weighted by Gasteiger charge is 2.45. The molecule has 4 atom stereocenters. The standard InChI is InChI=1S/C17H18FNO2S.C13H13Cl2NO2/c1-8-5-9-3-2-4-11(8)14(9)16-19-15-12(18)6-10(17(20)21)7-13(15)22-16;1-7(2)13-8(6-17)12(16-18-13)11-9(14)4-3-5-10(11)15/h6-9,11,14H,2-5H2,1H3,(H,20,21);3-5,7,17H,6H2,1-2H3/t8?,9-,11?,14?;/m0./s1. The molecule has 0 spiro atoms. The number of hydrogen-bond donors (Lipinski definition) is 2. The molecule has 2 aliphatic carbocycles. The number of carboxylic acid groups (broad SMARTS) is 1. The summed E-state index contributed by atoms with van der Waals surface area (Å²) in [5, 5.41) is 24.5. The van der Waals surface area contributed by atoms with Crippen molar-refractivity contribution < 1.29 is 23.9 Å². The van der Waals surface area contributed by atoms with E-state index in [9.17, 15) is 14.3 Å². The van der Waals surface area contributed by atoms with Crippen LogP contribution in [0.2, 0.25) is 10.0 Å². The molecule has 0 amide bonds. The van der Waals surface area contributed by atoms with Gasteiger partial charge in [-0.2, -0.15) is 0 Å². The van der Waals surface area contributed by atoms with Gasteiger partial charge in [0.1, 0.15) is 17.0 Å². The molecular formula is C30H31Cl2FN2O4S. The summed E-state index contributed by atoms with van der Waals surface area (Å²) >= 11 is 13.8. The number of fused-ring (bicyclic) bond motifs is 3. The molecule has 2 bridgehead atoms. The van der Waals surface area contributed by atoms with Gasteiger partial charge >= 0.3 is 5.97 Å². The van der Waals surface area contributed by atoms with E-state index < -0.39 is 11.8 Å². The van der Waals surface area contributed by atoms with Gasteiger partial charge < -0.3 is 14.7 Å². The van der Waals surface area contributed by atoms with E-state index in [1.165, 1.54) is 37.0 Å². The predicted octanol–water partition coefficient (Wildman–Crippen LogP) is 8.94. The molecule has 6 nitrogen and oxygen atoms in total. The number of thiazole rings is 1. The molecule has 2 saturated carbocycles. The Morgan fingerprint density at radius 2 is 1.95 bits per heavy atom. The van der Waals surface area contributed by atoms with Crippen molar-refractivity contribution in [1.29, 1.82) is 0 Å². The van der Waals surface area contributed by atoms with Crippen LogP contribution in [0.5, 0.6) is 0 Å². The van der Waals surface area contributed by atoms with Crippen molar-refractivity contribution >= 4 is 50.7 Å². The van der Waals surface area contributed by atoms with Crippen molar-refractivity contribution in [3.63, 3.8) is 0 Å². The van der Waals surface area contributed by atoms with E-state index in [0.717, 1.165) is 11.1 Å². The molecule has 4 aromatic rings. The lowest BCUT2D eigenvalue weighted by Crippen LogP contribution is -2.19. The molecule has 2 aromatic carbocycles. The van der Waals surface area contributed by atoms with Gasteiger partial charge in [-0.25, -0.2) is 14.2 Å². The molecule has 212 valence electrons. The largest absolute Gasteiger partial charge is 0.478 e. The van der Waals surface area contributed by atoms with Gasteiger partial charge in [0.15, 0.2) is 5.82 Å². The van der Waals surface area contributed by atoms with Crippen LogP contribution in [0, 0.1) is 23.6 Å². The van der Waals surface area contributed by atoms with Gasteiger partial charge in [0.2, 0.25) is 0 Å². The number of benzene rings is 2. The van der Waals surface area contributed by atoms with E-state index in [1.807, 2.05) is 13.8 Å². The summed E-state index contributed by atoms with van der Waals surface area (Å²) < 4.78 is 20.1. The molecule has 2 fully saturated rings. The normalized spacial score (nSPS) is 22.0. The fourth-order valence-corrected chi connectivity index (χ4v) is 8.25. The highest BCUT2D eigenvalue weighted by atomic mass is 35.5. The molecule has 0 aliphatic heterocycles. The van der Waals surface area contributed by atoms with Gasteiger partial charge in [0.05, 0.1) is 31.9 Å². The van der Waals surface area contributed by atoms with Crippen molar-refractivity contribution in [2.45, 2.75) is 64.9 Å². The number of aliphatic hydroxyl groups is 1. The van der Waals surface area contributed by atoms with Crippen LogP contribution in [0.15, 0.2) is 34.9 Å². The van der Waals surface area contributed by atoms with Crippen LogP contribution < -0.4 is 0 Å². The Morgan fingerprint density at radius 3 is 2.58 bits per heavy atom. The Morgan fingerprint density at radius 1 is 1.23 bits per heavy atom. The third-order valence-electron chi connectivity index (χ3n) is 8.18. The van der Waals surface area contributed by atoms with Crippen LogP contribution in [0.3, 0.4) is 0 Å². The minimum atomic E-state index is -1.10. The van der Waals surface area contributed by atoms with Crippen LogP contribution >= 0.6 is 34.5 Å². The lowest BCUT2D eigenvalue weighted by molar-refractivity contribution is 0.0696. The van der Waals surface area contributed by atoms with Crippen LogP contribution in [-0.4, -0.2) is 26.3 Å². The number of aliphatic hydroxyl groups excluding tert-OH is 1. The van der Waals surface area contributed by atoms with Gasteiger partial charge in [-0.1, -0.05) is 61.6 Å². The maximum Gasteiger partial charge on any atom is 0.335 e. The number of carboxylic acids is 1. The minimum Gasteiger partial charge on any atom is -0.478 e. The second kappa shape index (κ2) is 11.8. The molecule has 2 heterocycles. The van der Waals surface area contributed by atoms with Gasteiger partial charge in [-0.15, -0.1) is 11.3 Å². The molecule has 6 rings (SSSR count). The average Bonchev–Trinajstić information content (AvgIpc) is 3.57. The first kappa shape index (κ1) is 29.0. The smallest absolute Gasteiger partial charge is 0.335 e. The fraction of sp³-hybridized carbons (Fsp3) is 0.433. The first-order valence-electron chi connectivity index (χ1n) is 13.5. The Hall–Kier alpha value is -2.52. The second-order valence-electron chi connectivity index (χ2n) is 11.0. The summed E-state index contributed by atoms with van der Waals surface area (Å²) in [5.41, 5.74) is 2.08. The van der Waals surface area contributed by atoms with Crippen molar-refractivity contribution in [2.75, 3.05) is 0 Å². The summed E-state index contributed by atoms with van der Waals surface area (Å²) in [6, 6.07) is 7.85. The minimum absolute atomic E-state index is 0.000171. The van der Waals surface area contributed by atoms with Gasteiger partial charge in [-0.05, 0) is 61.3 Å². The van der Waals surface area contributed by atoms with E-state index in [1.54, 1.807) is 24.3 Å². The number of rotatable bonds is 5. The summed E-state index contributed by atoms with van der Waals surface area (Å²) in [6.07, 6.45) is 5.01. The second-order valence-corrected chi connectivity index (χ2v) is 12.9. The molecule has 2 aromatic heterocycles. The first-order chi connectivity index (χ1) is 19.1. The quantitative estimate of drug-likeness (QED) is 0.236. The van der Waals surface area contributed by atoms with Crippen LogP contribution in [0.4, 0.5) is 4.39 Å². The third-order valence-corrected chi connectivity index (χ3v) is 9.92. The fourth-order valence-electron chi connectivity index (χ4n) is 6.39. The number of nitrogens with zero attached hydrogens (tertiary/aromatic N) is 2. The lowest BCUT2D eigenvalue weighted by atomic mass is 9.78. The molecule has 3 unspecified atom stereocenters. The van der Waals surface area contributed by atoms with Crippen LogP contribution in [0.1, 0.15) is 85.0 Å². The topological polar surface area (TPSA) is 96.5 Å². The monoisotopic (exact) mass is 604 g/mol. The average molecular weight is 606 g/mol. The first-order valence-corrected chi connectivity index (χ1v) is 15.0. The van der Waals surface area contributed by atoms with E-state index in [2.05, 4.69) is 17.1 Å². The zero-order chi connectivity index (χ0) is 28.7. The summed E-state index contributed by atoms with van der Waals surface area (Å²) in [4.78, 5) is 15.6. The van der Waals surface area contributed by atoms with Crippen molar-refractivity contribution in [3.8, 4) is 11.3 Å². The molecule has 40 heavy (non-hydrogen) atoms. The highest BCUT2D eigenvalue weighted by Crippen LogP contribution is 2.56. The molecular weight excluding hydrogens is 574 g/mol. The molecule has 0 radical (unpaired) electrons. The summed E-state index contributed by atoms with van der Waals surface area (Å²) in [7, 11) is 0. The molecule has 0 saturated heterocycles. The molecule has 10 heteroatoms. The van der Waals surface area contributed by atoms with Crippen molar-refractivity contribution in [2.24, 2.45) is 17.8 Å². The predicted molar refractivity (Wildman–Crippen MR) is 156 cm³/mol. The number of hydrogen-bond acceptors (Lipinski definition) is 6. The third kappa shape index (κ3) is 5.39. The van der Waals surface area contributed by atoms with Crippen molar-refractivity contribution in [1.82, 2.24) is 10.1 Å². The summed E-state index contributed by atoms with van der Waals surface area (Å²) in [5.74, 6) is 1.64. The lowest BCUT2D eigenvalue weighted by Gasteiger charge is -2.29. The number of carbonyl (C=O) groups is 1. The van der Waals surface area contributed by atoms with Crippen LogP contribution in [0.25, 0.3) is 21.5 Å². The van der Waals surface area contributed by atoms with Gasteiger partial charge in [0, 0.05) is 23.0 Å². The SMILES string of the molecule is CC(C)c1onc(-c2c(Cl)cccc2Cl)c1CO.CC1C[C@@H]2CCCC1C2c1nc2c(F)cc(C(=O)O)cc2s1. The van der Waals surface area contributed by atoms with E-state index in [4.69, 9.17) is 32.8 Å². The number of aromatic carboxylic acids is 1. The number of aromatic nitrogens is 2. The summed E-state index contributed by atoms with van der Waals surface area (Å²) in [6.45, 7) is 6.10. The maximum atomic E-state index is 14.2. The Kier molecular flexibility index (Phi) is 8.53. The van der Waals surface area contributed by atoms with E-state index in [-0.39, 0.29) is 18.1 Å². The van der Waals surface area contributed by atoms with E-state index >= 15 is 0 Å². The van der Waals surface area contributed by atoms with Gasteiger partial charge in [0.25, 0.3) is 0 Å². The Bertz CT molecular complexity index is 1530. The Labute approximate surface area is 246 Å². The zero-order valence-electron chi connectivity index (χ0n) is 22.5.